The first-order chi connectivity index (χ1) is 10.2. The Hall–Kier alpha value is -1.56. The van der Waals surface area contributed by atoms with Crippen molar-refractivity contribution >= 4 is 6.03 Å². The molecule has 1 aromatic rings. The standard InChI is InChI=1S/C15H21N3O3/c19-15-17-9-11(18(15)20)5-7-14(17)13-8-12(21-16-13)6-4-10-2-1-3-10/h8,10-11,14,20H,1-7,9H2/t11-,14+/m1/s1. The molecule has 3 aliphatic rings. The van der Waals surface area contributed by atoms with Gasteiger partial charge in [0.2, 0.25) is 0 Å². The zero-order valence-corrected chi connectivity index (χ0v) is 12.1. The van der Waals surface area contributed by atoms with Crippen LogP contribution in [0.5, 0.6) is 0 Å². The summed E-state index contributed by atoms with van der Waals surface area (Å²) in [5, 5.41) is 14.8. The van der Waals surface area contributed by atoms with Crippen LogP contribution in [0.1, 0.15) is 56.0 Å². The summed E-state index contributed by atoms with van der Waals surface area (Å²) in [5.74, 6) is 1.78. The molecule has 0 spiro atoms. The fraction of sp³-hybridized carbons (Fsp3) is 0.733. The average Bonchev–Trinajstić information content (AvgIpc) is 2.99. The lowest BCUT2D eigenvalue weighted by molar-refractivity contribution is -0.0584. The third kappa shape index (κ3) is 2.21. The van der Waals surface area contributed by atoms with E-state index in [2.05, 4.69) is 5.16 Å². The average molecular weight is 291 g/mol. The fourth-order valence-corrected chi connectivity index (χ4v) is 3.69. The SMILES string of the molecule is O=C1N(O)[C@@H]2CC[C@@H](c3cc(CCC4CCC4)on3)N1C2. The van der Waals surface area contributed by atoms with Gasteiger partial charge in [-0.3, -0.25) is 5.21 Å². The number of fused-ring (bicyclic) bond motifs is 2. The zero-order valence-electron chi connectivity index (χ0n) is 12.1. The third-order valence-electron chi connectivity index (χ3n) is 5.29. The number of carbonyl (C=O) groups is 1. The molecule has 2 bridgehead atoms. The Balaban J connectivity index is 1.44. The molecule has 1 aliphatic carbocycles. The number of aryl methyl sites for hydroxylation is 1. The quantitative estimate of drug-likeness (QED) is 0.866. The van der Waals surface area contributed by atoms with E-state index in [9.17, 15) is 10.0 Å². The maximum absolute atomic E-state index is 12.0. The summed E-state index contributed by atoms with van der Waals surface area (Å²) in [4.78, 5) is 13.7. The number of nitrogens with zero attached hydrogens (tertiary/aromatic N) is 3. The Bertz CT molecular complexity index is 540. The molecule has 1 aromatic heterocycles. The second-order valence-corrected chi connectivity index (χ2v) is 6.58. The zero-order chi connectivity index (χ0) is 14.4. The Morgan fingerprint density at radius 3 is 2.95 bits per heavy atom. The van der Waals surface area contributed by atoms with E-state index in [1.165, 1.54) is 25.7 Å². The maximum atomic E-state index is 12.0. The molecule has 4 rings (SSSR count). The number of piperidine rings is 1. The number of aromatic nitrogens is 1. The summed E-state index contributed by atoms with van der Waals surface area (Å²) in [7, 11) is 0. The maximum Gasteiger partial charge on any atom is 0.344 e. The first-order valence-corrected chi connectivity index (χ1v) is 7.96. The van der Waals surface area contributed by atoms with E-state index in [1.54, 1.807) is 4.90 Å². The van der Waals surface area contributed by atoms with Crippen LogP contribution in [0.4, 0.5) is 4.79 Å². The van der Waals surface area contributed by atoms with Crippen LogP contribution in [-0.2, 0) is 6.42 Å². The fourth-order valence-electron chi connectivity index (χ4n) is 3.69. The van der Waals surface area contributed by atoms with Crippen LogP contribution in [0.25, 0.3) is 0 Å². The molecule has 2 amide bonds. The monoisotopic (exact) mass is 291 g/mol. The number of amides is 2. The molecule has 2 atom stereocenters. The predicted octanol–water partition coefficient (Wildman–Crippen LogP) is 2.74. The van der Waals surface area contributed by atoms with Crippen LogP contribution >= 0.6 is 0 Å². The van der Waals surface area contributed by atoms with Gasteiger partial charge in [0, 0.05) is 19.0 Å². The van der Waals surface area contributed by atoms with Gasteiger partial charge in [-0.25, -0.2) is 9.86 Å². The molecule has 6 nitrogen and oxygen atoms in total. The Morgan fingerprint density at radius 1 is 1.33 bits per heavy atom. The van der Waals surface area contributed by atoms with Crippen molar-refractivity contribution in [1.29, 1.82) is 0 Å². The molecule has 114 valence electrons. The van der Waals surface area contributed by atoms with Crippen molar-refractivity contribution in [3.05, 3.63) is 17.5 Å². The number of hydrogen-bond acceptors (Lipinski definition) is 4. The molecular weight excluding hydrogens is 270 g/mol. The molecule has 2 saturated heterocycles. The molecule has 6 heteroatoms. The first kappa shape index (κ1) is 13.1. The van der Waals surface area contributed by atoms with E-state index in [0.717, 1.165) is 41.7 Å². The van der Waals surface area contributed by atoms with Crippen LogP contribution in [0.2, 0.25) is 0 Å². The van der Waals surface area contributed by atoms with Gasteiger partial charge >= 0.3 is 6.03 Å². The lowest BCUT2D eigenvalue weighted by atomic mass is 9.82. The lowest BCUT2D eigenvalue weighted by Gasteiger charge is -2.28. The van der Waals surface area contributed by atoms with Crippen molar-refractivity contribution in [2.24, 2.45) is 5.92 Å². The van der Waals surface area contributed by atoms with Crippen LogP contribution in [0.3, 0.4) is 0 Å². The van der Waals surface area contributed by atoms with Gasteiger partial charge in [0.1, 0.15) is 11.5 Å². The number of carbonyl (C=O) groups excluding carboxylic acids is 1. The largest absolute Gasteiger partial charge is 0.361 e. The van der Waals surface area contributed by atoms with Crippen molar-refractivity contribution < 1.29 is 14.5 Å². The van der Waals surface area contributed by atoms with Crippen molar-refractivity contribution in [2.75, 3.05) is 6.54 Å². The molecular formula is C15H21N3O3. The second kappa shape index (κ2) is 5.02. The molecule has 1 saturated carbocycles. The molecule has 1 N–H and O–H groups in total. The molecule has 0 unspecified atom stereocenters. The van der Waals surface area contributed by atoms with Crippen LogP contribution in [-0.4, -0.2) is 38.9 Å². The highest BCUT2D eigenvalue weighted by atomic mass is 16.5. The predicted molar refractivity (Wildman–Crippen MR) is 73.7 cm³/mol. The van der Waals surface area contributed by atoms with E-state index in [0.29, 0.717) is 6.54 Å². The van der Waals surface area contributed by atoms with E-state index < -0.39 is 0 Å². The summed E-state index contributed by atoms with van der Waals surface area (Å²) in [6, 6.07) is 1.59. The van der Waals surface area contributed by atoms with Crippen molar-refractivity contribution in [2.45, 2.75) is 57.0 Å². The minimum atomic E-state index is -0.304. The van der Waals surface area contributed by atoms with Crippen molar-refractivity contribution in [3.8, 4) is 0 Å². The van der Waals surface area contributed by atoms with Gasteiger partial charge in [0.15, 0.2) is 0 Å². The topological polar surface area (TPSA) is 69.8 Å². The van der Waals surface area contributed by atoms with Crippen LogP contribution in [0.15, 0.2) is 10.6 Å². The summed E-state index contributed by atoms with van der Waals surface area (Å²) in [5.41, 5.74) is 0.834. The molecule has 2 aliphatic heterocycles. The highest BCUT2D eigenvalue weighted by molar-refractivity contribution is 5.76. The first-order valence-electron chi connectivity index (χ1n) is 7.96. The van der Waals surface area contributed by atoms with Gasteiger partial charge in [0.25, 0.3) is 0 Å². The summed E-state index contributed by atoms with van der Waals surface area (Å²) >= 11 is 0. The van der Waals surface area contributed by atoms with Gasteiger partial charge in [-0.2, -0.15) is 0 Å². The minimum Gasteiger partial charge on any atom is -0.361 e. The van der Waals surface area contributed by atoms with E-state index >= 15 is 0 Å². The second-order valence-electron chi connectivity index (χ2n) is 6.58. The Kier molecular flexibility index (Phi) is 3.14. The summed E-state index contributed by atoms with van der Waals surface area (Å²) in [6.45, 7) is 0.588. The minimum absolute atomic E-state index is 0.0490. The highest BCUT2D eigenvalue weighted by Crippen LogP contribution is 2.37. The number of hydroxylamine groups is 2. The molecule has 3 heterocycles. The third-order valence-corrected chi connectivity index (χ3v) is 5.29. The Labute approximate surface area is 123 Å². The summed E-state index contributed by atoms with van der Waals surface area (Å²) < 4.78 is 5.44. The highest BCUT2D eigenvalue weighted by Gasteiger charge is 2.45. The van der Waals surface area contributed by atoms with Crippen LogP contribution < -0.4 is 0 Å². The number of rotatable bonds is 4. The van der Waals surface area contributed by atoms with Crippen molar-refractivity contribution in [3.63, 3.8) is 0 Å². The Morgan fingerprint density at radius 2 is 2.19 bits per heavy atom. The molecule has 0 radical (unpaired) electrons. The van der Waals surface area contributed by atoms with Gasteiger partial charge in [-0.05, 0) is 25.2 Å². The molecule has 0 aromatic carbocycles. The van der Waals surface area contributed by atoms with Crippen LogP contribution in [0, 0.1) is 5.92 Å². The lowest BCUT2D eigenvalue weighted by Crippen LogP contribution is -2.34. The number of hydrogen-bond donors (Lipinski definition) is 1. The molecule has 21 heavy (non-hydrogen) atoms. The van der Waals surface area contributed by atoms with E-state index in [4.69, 9.17) is 4.52 Å². The smallest absolute Gasteiger partial charge is 0.344 e. The summed E-state index contributed by atoms with van der Waals surface area (Å²) in [6.07, 6.45) is 7.82. The van der Waals surface area contributed by atoms with Gasteiger partial charge in [-0.1, -0.05) is 24.4 Å². The number of urea groups is 1. The van der Waals surface area contributed by atoms with E-state index in [1.807, 2.05) is 6.07 Å². The van der Waals surface area contributed by atoms with Crippen molar-refractivity contribution in [1.82, 2.24) is 15.1 Å². The normalized spacial score (nSPS) is 29.1. The van der Waals surface area contributed by atoms with Gasteiger partial charge < -0.3 is 9.42 Å². The van der Waals surface area contributed by atoms with E-state index in [-0.39, 0.29) is 18.1 Å². The van der Waals surface area contributed by atoms with Gasteiger partial charge in [-0.15, -0.1) is 0 Å². The van der Waals surface area contributed by atoms with Gasteiger partial charge in [0.05, 0.1) is 12.1 Å². The molecule has 3 fully saturated rings.